The molecular weight excluding hydrogens is 257 g/mol. The molecular formula is C14H9F3O2. The number of aldehydes is 1. The largest absolute Gasteiger partial charge is 0.457 e. The predicted molar refractivity (Wildman–Crippen MR) is 63.3 cm³/mol. The number of carbonyl (C=O) groups is 1. The molecule has 0 atom stereocenters. The minimum absolute atomic E-state index is 0.0919. The molecule has 0 amide bonds. The van der Waals surface area contributed by atoms with Gasteiger partial charge in [0.15, 0.2) is 6.29 Å². The monoisotopic (exact) mass is 266 g/mol. The van der Waals surface area contributed by atoms with Crippen LogP contribution in [-0.4, -0.2) is 6.29 Å². The fourth-order valence-corrected chi connectivity index (χ4v) is 1.53. The van der Waals surface area contributed by atoms with Crippen LogP contribution in [0.1, 0.15) is 15.9 Å². The number of alkyl halides is 3. The van der Waals surface area contributed by atoms with Gasteiger partial charge < -0.3 is 4.74 Å². The minimum atomic E-state index is -4.48. The van der Waals surface area contributed by atoms with Gasteiger partial charge in [0.25, 0.3) is 0 Å². The van der Waals surface area contributed by atoms with Crippen LogP contribution in [0.3, 0.4) is 0 Å². The predicted octanol–water partition coefficient (Wildman–Crippen LogP) is 4.31. The van der Waals surface area contributed by atoms with Crippen molar-refractivity contribution in [3.8, 4) is 11.5 Å². The Morgan fingerprint density at radius 1 is 1.00 bits per heavy atom. The molecule has 0 fully saturated rings. The van der Waals surface area contributed by atoms with Crippen LogP contribution < -0.4 is 4.74 Å². The van der Waals surface area contributed by atoms with Crippen molar-refractivity contribution in [3.63, 3.8) is 0 Å². The summed E-state index contributed by atoms with van der Waals surface area (Å²) in [4.78, 5) is 10.8. The number of para-hydroxylation sites is 1. The molecule has 0 heterocycles. The lowest BCUT2D eigenvalue weighted by atomic mass is 10.1. The molecule has 0 aliphatic heterocycles. The van der Waals surface area contributed by atoms with E-state index in [0.717, 1.165) is 18.2 Å². The van der Waals surface area contributed by atoms with Gasteiger partial charge in [-0.2, -0.15) is 13.2 Å². The van der Waals surface area contributed by atoms with Crippen LogP contribution in [0.15, 0.2) is 48.5 Å². The fraction of sp³-hybridized carbons (Fsp3) is 0.0714. The van der Waals surface area contributed by atoms with Crippen molar-refractivity contribution < 1.29 is 22.7 Å². The zero-order chi connectivity index (χ0) is 13.9. The molecule has 2 nitrogen and oxygen atoms in total. The first kappa shape index (κ1) is 13.1. The van der Waals surface area contributed by atoms with Crippen LogP contribution >= 0.6 is 0 Å². The Labute approximate surface area is 107 Å². The van der Waals surface area contributed by atoms with Crippen molar-refractivity contribution in [1.82, 2.24) is 0 Å². The third-order valence-corrected chi connectivity index (χ3v) is 2.44. The smallest absolute Gasteiger partial charge is 0.416 e. The highest BCUT2D eigenvalue weighted by atomic mass is 19.4. The molecule has 0 unspecified atom stereocenters. The Morgan fingerprint density at radius 2 is 1.68 bits per heavy atom. The van der Waals surface area contributed by atoms with E-state index < -0.39 is 11.7 Å². The van der Waals surface area contributed by atoms with Crippen molar-refractivity contribution in [3.05, 3.63) is 59.7 Å². The molecule has 19 heavy (non-hydrogen) atoms. The molecule has 0 N–H and O–H groups in total. The van der Waals surface area contributed by atoms with Crippen molar-refractivity contribution in [1.29, 1.82) is 0 Å². The molecule has 0 spiro atoms. The molecule has 2 aromatic rings. The summed E-state index contributed by atoms with van der Waals surface area (Å²) in [7, 11) is 0. The summed E-state index contributed by atoms with van der Waals surface area (Å²) in [6, 6.07) is 11.3. The second-order valence-electron chi connectivity index (χ2n) is 3.78. The van der Waals surface area contributed by atoms with Crippen LogP contribution in [0.5, 0.6) is 11.5 Å². The summed E-state index contributed by atoms with van der Waals surface area (Å²) in [5.74, 6) is 0.541. The zero-order valence-corrected chi connectivity index (χ0v) is 9.65. The normalized spacial score (nSPS) is 11.1. The number of halogens is 3. The molecule has 0 aliphatic rings. The third kappa shape index (κ3) is 3.13. The summed E-state index contributed by atoms with van der Waals surface area (Å²) in [6.45, 7) is 0. The van der Waals surface area contributed by atoms with E-state index in [0.29, 0.717) is 12.0 Å². The molecule has 0 saturated carbocycles. The van der Waals surface area contributed by atoms with E-state index in [1.807, 2.05) is 0 Å². The van der Waals surface area contributed by atoms with Gasteiger partial charge in [-0.3, -0.25) is 4.79 Å². The van der Waals surface area contributed by atoms with Crippen molar-refractivity contribution >= 4 is 6.29 Å². The number of benzene rings is 2. The van der Waals surface area contributed by atoms with E-state index >= 15 is 0 Å². The summed E-state index contributed by atoms with van der Waals surface area (Å²) in [6.07, 6.45) is -4.14. The number of hydrogen-bond donors (Lipinski definition) is 0. The maximum atomic E-state index is 12.5. The van der Waals surface area contributed by atoms with E-state index in [4.69, 9.17) is 4.74 Å². The van der Waals surface area contributed by atoms with Gasteiger partial charge in [-0.1, -0.05) is 18.2 Å². The maximum Gasteiger partial charge on any atom is 0.416 e. The Balaban J connectivity index is 2.34. The molecule has 5 heteroatoms. The zero-order valence-electron chi connectivity index (χ0n) is 9.65. The van der Waals surface area contributed by atoms with Crippen molar-refractivity contribution in [2.45, 2.75) is 6.18 Å². The Kier molecular flexibility index (Phi) is 3.55. The molecule has 2 rings (SSSR count). The average molecular weight is 266 g/mol. The lowest BCUT2D eigenvalue weighted by Crippen LogP contribution is -2.05. The first-order chi connectivity index (χ1) is 9.00. The van der Waals surface area contributed by atoms with Crippen LogP contribution in [0.4, 0.5) is 13.2 Å². The van der Waals surface area contributed by atoms with Crippen LogP contribution in [0, 0.1) is 0 Å². The highest BCUT2D eigenvalue weighted by Crippen LogP contribution is 2.33. The van der Waals surface area contributed by atoms with Gasteiger partial charge in [-0.05, 0) is 30.3 Å². The van der Waals surface area contributed by atoms with E-state index in [-0.39, 0.29) is 11.3 Å². The van der Waals surface area contributed by atoms with E-state index in [9.17, 15) is 18.0 Å². The van der Waals surface area contributed by atoms with Crippen LogP contribution in [0.25, 0.3) is 0 Å². The van der Waals surface area contributed by atoms with Gasteiger partial charge >= 0.3 is 6.18 Å². The first-order valence-corrected chi connectivity index (χ1v) is 5.40. The van der Waals surface area contributed by atoms with Gasteiger partial charge in [0.2, 0.25) is 0 Å². The number of ether oxygens (including phenoxy) is 1. The standard InChI is InChI=1S/C14H9F3O2/c15-14(16,17)11-6-7-13(10(8-11)9-18)19-12-4-2-1-3-5-12/h1-9H. The Morgan fingerprint density at radius 3 is 2.26 bits per heavy atom. The summed E-state index contributed by atoms with van der Waals surface area (Å²) in [5.41, 5.74) is -1.02. The topological polar surface area (TPSA) is 26.3 Å². The van der Waals surface area contributed by atoms with Crippen LogP contribution in [-0.2, 0) is 6.18 Å². The van der Waals surface area contributed by atoms with Crippen molar-refractivity contribution in [2.24, 2.45) is 0 Å². The van der Waals surface area contributed by atoms with E-state index in [1.54, 1.807) is 30.3 Å². The van der Waals surface area contributed by atoms with Crippen molar-refractivity contribution in [2.75, 3.05) is 0 Å². The lowest BCUT2D eigenvalue weighted by molar-refractivity contribution is -0.137. The fourth-order valence-electron chi connectivity index (χ4n) is 1.53. The Bertz CT molecular complexity index is 577. The maximum absolute atomic E-state index is 12.5. The number of hydrogen-bond acceptors (Lipinski definition) is 2. The number of rotatable bonds is 3. The summed E-state index contributed by atoms with van der Waals surface area (Å²) in [5, 5.41) is 0. The Hall–Kier alpha value is -2.30. The SMILES string of the molecule is O=Cc1cc(C(F)(F)F)ccc1Oc1ccccc1. The van der Waals surface area contributed by atoms with E-state index in [2.05, 4.69) is 0 Å². The lowest BCUT2D eigenvalue weighted by Gasteiger charge is -2.11. The summed E-state index contributed by atoms with van der Waals surface area (Å²) < 4.78 is 42.9. The van der Waals surface area contributed by atoms with E-state index in [1.165, 1.54) is 0 Å². The number of carbonyl (C=O) groups excluding carboxylic acids is 1. The average Bonchev–Trinajstić information content (AvgIpc) is 2.39. The van der Waals surface area contributed by atoms with Gasteiger partial charge in [0.1, 0.15) is 11.5 Å². The van der Waals surface area contributed by atoms with Gasteiger partial charge in [-0.25, -0.2) is 0 Å². The second-order valence-corrected chi connectivity index (χ2v) is 3.78. The molecule has 0 aromatic heterocycles. The second kappa shape index (κ2) is 5.14. The summed E-state index contributed by atoms with van der Waals surface area (Å²) >= 11 is 0. The highest BCUT2D eigenvalue weighted by Gasteiger charge is 2.31. The minimum Gasteiger partial charge on any atom is -0.457 e. The van der Waals surface area contributed by atoms with Gasteiger partial charge in [-0.15, -0.1) is 0 Å². The molecule has 0 bridgehead atoms. The molecule has 0 radical (unpaired) electrons. The third-order valence-electron chi connectivity index (χ3n) is 2.44. The molecule has 98 valence electrons. The molecule has 0 saturated heterocycles. The van der Waals surface area contributed by atoms with Crippen LogP contribution in [0.2, 0.25) is 0 Å². The highest BCUT2D eigenvalue weighted by molar-refractivity contribution is 5.80. The quantitative estimate of drug-likeness (QED) is 0.774. The molecule has 2 aromatic carbocycles. The van der Waals surface area contributed by atoms with Gasteiger partial charge in [0.05, 0.1) is 11.1 Å². The van der Waals surface area contributed by atoms with Gasteiger partial charge in [0, 0.05) is 0 Å². The first-order valence-electron chi connectivity index (χ1n) is 5.40. The molecule has 0 aliphatic carbocycles.